The number of hydrogen-bond donors (Lipinski definition) is 0. The van der Waals surface area contributed by atoms with Gasteiger partial charge in [0.2, 0.25) is 0 Å². The molecule has 278 valence electrons. The maximum atomic E-state index is 5.42. The largest absolute Gasteiger partial charge is 0.497 e. The minimum Gasteiger partial charge on any atom is -0.497 e. The zero-order chi connectivity index (χ0) is 38.6. The predicted molar refractivity (Wildman–Crippen MR) is 221 cm³/mol. The molecule has 1 aliphatic carbocycles. The van der Waals surface area contributed by atoms with Crippen LogP contribution >= 0.6 is 0 Å². The molecule has 0 amide bonds. The SMILES string of the molecule is COc1ccc(-c2ccc(OC)cc2)cc1.COc1ccc(C2(c3ccc(OC)cc3)c3ccccc3-c3ccccc32)cc1.COc1ccc(OC)cc1. The van der Waals surface area contributed by atoms with E-state index in [4.69, 9.17) is 28.4 Å². The van der Waals surface area contributed by atoms with Crippen LogP contribution in [0, 0.1) is 0 Å². The lowest BCUT2D eigenvalue weighted by atomic mass is 9.68. The van der Waals surface area contributed by atoms with Gasteiger partial charge < -0.3 is 28.4 Å². The van der Waals surface area contributed by atoms with E-state index in [9.17, 15) is 0 Å². The molecule has 0 spiro atoms. The fourth-order valence-electron chi connectivity index (χ4n) is 6.98. The number of hydrogen-bond acceptors (Lipinski definition) is 6. The Kier molecular flexibility index (Phi) is 12.4. The Labute approximate surface area is 324 Å². The van der Waals surface area contributed by atoms with Crippen LogP contribution in [0.3, 0.4) is 0 Å². The molecule has 0 saturated carbocycles. The lowest BCUT2D eigenvalue weighted by Crippen LogP contribution is -2.28. The van der Waals surface area contributed by atoms with Crippen molar-refractivity contribution < 1.29 is 28.4 Å². The molecule has 8 rings (SSSR count). The van der Waals surface area contributed by atoms with Gasteiger partial charge in [0.15, 0.2) is 0 Å². The first-order valence-electron chi connectivity index (χ1n) is 17.9. The summed E-state index contributed by atoms with van der Waals surface area (Å²) in [5, 5.41) is 0. The molecule has 0 bridgehead atoms. The van der Waals surface area contributed by atoms with Gasteiger partial charge in [0.05, 0.1) is 48.1 Å². The van der Waals surface area contributed by atoms with Crippen LogP contribution in [0.25, 0.3) is 22.3 Å². The fraction of sp³-hybridized carbons (Fsp3) is 0.143. The lowest BCUT2D eigenvalue weighted by molar-refractivity contribution is 0.403. The van der Waals surface area contributed by atoms with Crippen LogP contribution in [0.5, 0.6) is 34.5 Å². The smallest absolute Gasteiger partial charge is 0.119 e. The maximum absolute atomic E-state index is 5.42. The molecule has 55 heavy (non-hydrogen) atoms. The molecule has 0 aromatic heterocycles. The van der Waals surface area contributed by atoms with Crippen molar-refractivity contribution in [3.8, 4) is 56.8 Å². The predicted octanol–water partition coefficient (Wildman–Crippen LogP) is 11.1. The van der Waals surface area contributed by atoms with Gasteiger partial charge in [-0.05, 0) is 117 Å². The van der Waals surface area contributed by atoms with Crippen molar-refractivity contribution in [1.29, 1.82) is 0 Å². The molecule has 1 aliphatic rings. The molecule has 0 heterocycles. The zero-order valence-electron chi connectivity index (χ0n) is 32.1. The number of benzene rings is 7. The molecule has 0 unspecified atom stereocenters. The van der Waals surface area contributed by atoms with Crippen LogP contribution in [-0.2, 0) is 5.41 Å². The normalized spacial score (nSPS) is 11.6. The minimum atomic E-state index is -0.383. The summed E-state index contributed by atoms with van der Waals surface area (Å²) in [5.41, 5.74) is 9.58. The molecule has 6 nitrogen and oxygen atoms in total. The number of methoxy groups -OCH3 is 6. The van der Waals surface area contributed by atoms with Crippen molar-refractivity contribution in [2.24, 2.45) is 0 Å². The third-order valence-electron chi connectivity index (χ3n) is 9.81. The number of fused-ring (bicyclic) bond motifs is 3. The second-order valence-electron chi connectivity index (χ2n) is 12.6. The maximum Gasteiger partial charge on any atom is 0.119 e. The third kappa shape index (κ3) is 8.14. The molecule has 7 aromatic carbocycles. The first-order chi connectivity index (χ1) is 27.0. The van der Waals surface area contributed by atoms with E-state index in [1.54, 1.807) is 42.7 Å². The van der Waals surface area contributed by atoms with Crippen molar-refractivity contribution in [3.05, 3.63) is 192 Å². The average molecular weight is 731 g/mol. The van der Waals surface area contributed by atoms with E-state index in [2.05, 4.69) is 72.8 Å². The monoisotopic (exact) mass is 730 g/mol. The third-order valence-corrected chi connectivity index (χ3v) is 9.81. The Hall–Kier alpha value is -6.66. The van der Waals surface area contributed by atoms with Gasteiger partial charge in [0.1, 0.15) is 34.5 Å². The molecule has 0 N–H and O–H groups in total. The molecular weight excluding hydrogens is 685 g/mol. The van der Waals surface area contributed by atoms with Gasteiger partial charge >= 0.3 is 0 Å². The summed E-state index contributed by atoms with van der Waals surface area (Å²) >= 11 is 0. The van der Waals surface area contributed by atoms with Gasteiger partial charge in [0.25, 0.3) is 0 Å². The van der Waals surface area contributed by atoms with E-state index in [0.29, 0.717) is 0 Å². The summed E-state index contributed by atoms with van der Waals surface area (Å²) in [4.78, 5) is 0. The van der Waals surface area contributed by atoms with E-state index in [-0.39, 0.29) is 5.41 Å². The van der Waals surface area contributed by atoms with E-state index in [0.717, 1.165) is 34.5 Å². The molecule has 0 aliphatic heterocycles. The Morgan fingerprint density at radius 2 is 0.509 bits per heavy atom. The molecule has 6 heteroatoms. The second kappa shape index (κ2) is 17.9. The average Bonchev–Trinajstić information content (AvgIpc) is 3.58. The van der Waals surface area contributed by atoms with E-state index < -0.39 is 0 Å². The van der Waals surface area contributed by atoms with Crippen molar-refractivity contribution >= 4 is 0 Å². The van der Waals surface area contributed by atoms with Crippen LogP contribution in [0.1, 0.15) is 22.3 Å². The first kappa shape index (κ1) is 38.1. The molecule has 7 aromatic rings. The van der Waals surface area contributed by atoms with Crippen LogP contribution in [0.2, 0.25) is 0 Å². The van der Waals surface area contributed by atoms with Crippen LogP contribution in [-0.4, -0.2) is 42.7 Å². The topological polar surface area (TPSA) is 55.4 Å². The standard InChI is InChI=1S/C27H22O2.C14H14O2.C8H10O2/c1-28-21-15-11-19(12-16-21)27(20-13-17-22(29-2)18-14-20)25-9-5-3-7-23(25)24-8-4-6-10-26(24)27;1-15-13-7-3-11(4-8-13)12-5-9-14(16-2)10-6-12;1-9-7-3-5-8(10-2)6-4-7/h3-18H,1-2H3;3-10H,1-2H3;3-6H,1-2H3. The van der Waals surface area contributed by atoms with Crippen LogP contribution in [0.4, 0.5) is 0 Å². The van der Waals surface area contributed by atoms with Gasteiger partial charge in [-0.15, -0.1) is 0 Å². The van der Waals surface area contributed by atoms with Gasteiger partial charge in [-0.1, -0.05) is 97.1 Å². The summed E-state index contributed by atoms with van der Waals surface area (Å²) < 4.78 is 31.0. The Balaban J connectivity index is 0.000000165. The van der Waals surface area contributed by atoms with Crippen molar-refractivity contribution in [2.75, 3.05) is 42.7 Å². The minimum absolute atomic E-state index is 0.383. The molecule has 0 radical (unpaired) electrons. The lowest BCUT2D eigenvalue weighted by Gasteiger charge is -2.34. The van der Waals surface area contributed by atoms with Crippen molar-refractivity contribution in [3.63, 3.8) is 0 Å². The molecule has 0 saturated heterocycles. The second-order valence-corrected chi connectivity index (χ2v) is 12.6. The van der Waals surface area contributed by atoms with Crippen LogP contribution in [0.15, 0.2) is 170 Å². The molecular formula is C49H46O6. The Bertz CT molecular complexity index is 2080. The Morgan fingerprint density at radius 1 is 0.273 bits per heavy atom. The van der Waals surface area contributed by atoms with Gasteiger partial charge in [-0.25, -0.2) is 0 Å². The van der Waals surface area contributed by atoms with Gasteiger partial charge in [0, 0.05) is 0 Å². The number of ether oxygens (including phenoxy) is 6. The van der Waals surface area contributed by atoms with E-state index >= 15 is 0 Å². The van der Waals surface area contributed by atoms with Crippen molar-refractivity contribution in [2.45, 2.75) is 5.41 Å². The summed E-state index contributed by atoms with van der Waals surface area (Å²) in [6, 6.07) is 57.8. The quantitative estimate of drug-likeness (QED) is 0.147. The summed E-state index contributed by atoms with van der Waals surface area (Å²) in [7, 11) is 10.0. The molecule has 0 fully saturated rings. The summed E-state index contributed by atoms with van der Waals surface area (Å²) in [5.74, 6) is 5.16. The van der Waals surface area contributed by atoms with Crippen LogP contribution < -0.4 is 28.4 Å². The summed E-state index contributed by atoms with van der Waals surface area (Å²) in [6.07, 6.45) is 0. The highest BCUT2D eigenvalue weighted by atomic mass is 16.5. The zero-order valence-corrected chi connectivity index (χ0v) is 32.1. The first-order valence-corrected chi connectivity index (χ1v) is 17.9. The molecule has 0 atom stereocenters. The highest BCUT2D eigenvalue weighted by molar-refractivity contribution is 5.86. The Morgan fingerprint density at radius 3 is 0.782 bits per heavy atom. The fourth-order valence-corrected chi connectivity index (χ4v) is 6.98. The van der Waals surface area contributed by atoms with E-state index in [1.165, 1.54) is 44.5 Å². The van der Waals surface area contributed by atoms with Crippen molar-refractivity contribution in [1.82, 2.24) is 0 Å². The highest BCUT2D eigenvalue weighted by Gasteiger charge is 2.45. The number of rotatable bonds is 9. The summed E-state index contributed by atoms with van der Waals surface area (Å²) in [6.45, 7) is 0. The van der Waals surface area contributed by atoms with E-state index in [1.807, 2.05) is 97.1 Å². The van der Waals surface area contributed by atoms with Gasteiger partial charge in [-0.3, -0.25) is 0 Å². The van der Waals surface area contributed by atoms with Gasteiger partial charge in [-0.2, -0.15) is 0 Å². The highest BCUT2D eigenvalue weighted by Crippen LogP contribution is 2.56.